The molecule has 0 bridgehead atoms. The van der Waals surface area contributed by atoms with Gasteiger partial charge in [-0.15, -0.1) is 0 Å². The predicted octanol–water partition coefficient (Wildman–Crippen LogP) is -0.831. The lowest BCUT2D eigenvalue weighted by Gasteiger charge is -1.96. The second-order valence-corrected chi connectivity index (χ2v) is 1.60. The van der Waals surface area contributed by atoms with Crippen LogP contribution in [-0.4, -0.2) is 4.98 Å². The summed E-state index contributed by atoms with van der Waals surface area (Å²) < 4.78 is 0.377. The van der Waals surface area contributed by atoms with E-state index in [1.165, 1.54) is 6.20 Å². The first-order valence-corrected chi connectivity index (χ1v) is 2.49. The van der Waals surface area contributed by atoms with Crippen LogP contribution >= 0.6 is 0 Å². The van der Waals surface area contributed by atoms with Crippen LogP contribution in [0.3, 0.4) is 0 Å². The molecule has 1 rings (SSSR count). The summed E-state index contributed by atoms with van der Waals surface area (Å²) in [5, 5.41) is 19.0. The molecule has 2 N–H and O–H groups in total. The molecule has 0 unspecified atom stereocenters. The zero-order valence-electron chi connectivity index (χ0n) is 4.98. The SMILES string of the molecule is N#Cc1c(N)ncc[n+]1[O-]. The van der Waals surface area contributed by atoms with Gasteiger partial charge < -0.3 is 10.9 Å². The average molecular weight is 136 g/mol. The summed E-state index contributed by atoms with van der Waals surface area (Å²) in [4.78, 5) is 3.55. The Labute approximate surface area is 56.9 Å². The van der Waals surface area contributed by atoms with E-state index in [-0.39, 0.29) is 11.5 Å². The van der Waals surface area contributed by atoms with E-state index in [4.69, 9.17) is 11.0 Å². The normalized spacial score (nSPS) is 8.70. The summed E-state index contributed by atoms with van der Waals surface area (Å²) in [5.41, 5.74) is 5.01. The van der Waals surface area contributed by atoms with E-state index in [9.17, 15) is 5.21 Å². The topological polar surface area (TPSA) is 89.6 Å². The van der Waals surface area contributed by atoms with Crippen LogP contribution in [0.5, 0.6) is 0 Å². The maximum atomic E-state index is 10.6. The second-order valence-electron chi connectivity index (χ2n) is 1.60. The molecule has 5 nitrogen and oxygen atoms in total. The maximum absolute atomic E-state index is 10.6. The Kier molecular flexibility index (Phi) is 1.38. The fraction of sp³-hybridized carbons (Fsp3) is 0. The molecule has 0 fully saturated rings. The van der Waals surface area contributed by atoms with E-state index in [2.05, 4.69) is 4.98 Å². The van der Waals surface area contributed by atoms with Crippen LogP contribution in [0.1, 0.15) is 5.69 Å². The maximum Gasteiger partial charge on any atom is 0.337 e. The van der Waals surface area contributed by atoms with Crippen molar-refractivity contribution in [2.24, 2.45) is 0 Å². The van der Waals surface area contributed by atoms with Crippen molar-refractivity contribution in [2.75, 3.05) is 5.73 Å². The quantitative estimate of drug-likeness (QED) is 0.372. The molecule has 5 heteroatoms. The molecule has 1 aromatic rings. The Morgan fingerprint density at radius 1 is 1.80 bits per heavy atom. The minimum atomic E-state index is -0.164. The molecule has 0 aliphatic heterocycles. The van der Waals surface area contributed by atoms with Crippen molar-refractivity contribution >= 4 is 5.82 Å². The molecule has 50 valence electrons. The van der Waals surface area contributed by atoms with Crippen LogP contribution in [0, 0.1) is 16.5 Å². The van der Waals surface area contributed by atoms with Crippen molar-refractivity contribution in [3.8, 4) is 6.07 Å². The Balaban J connectivity index is 3.34. The van der Waals surface area contributed by atoms with Gasteiger partial charge in [-0.05, 0) is 0 Å². The molecule has 0 saturated carbocycles. The third-order valence-corrected chi connectivity index (χ3v) is 0.985. The number of nitrogens with zero attached hydrogens (tertiary/aromatic N) is 3. The molecule has 10 heavy (non-hydrogen) atoms. The number of hydrogen-bond acceptors (Lipinski definition) is 4. The van der Waals surface area contributed by atoms with Gasteiger partial charge in [0.05, 0.1) is 6.20 Å². The summed E-state index contributed by atoms with van der Waals surface area (Å²) in [6.07, 6.45) is 2.36. The molecular formula is C5H4N4O. The van der Waals surface area contributed by atoms with Crippen LogP contribution in [0.15, 0.2) is 12.4 Å². The third-order valence-electron chi connectivity index (χ3n) is 0.985. The van der Waals surface area contributed by atoms with Gasteiger partial charge in [-0.3, -0.25) is 0 Å². The molecule has 0 aliphatic rings. The highest BCUT2D eigenvalue weighted by Gasteiger charge is 2.07. The van der Waals surface area contributed by atoms with E-state index in [0.717, 1.165) is 6.20 Å². The first kappa shape index (κ1) is 6.29. The van der Waals surface area contributed by atoms with Crippen molar-refractivity contribution < 1.29 is 4.73 Å². The fourth-order valence-electron chi connectivity index (χ4n) is 0.529. The molecule has 0 spiro atoms. The zero-order chi connectivity index (χ0) is 7.56. The summed E-state index contributed by atoms with van der Waals surface area (Å²) in [6, 6.07) is 1.63. The summed E-state index contributed by atoms with van der Waals surface area (Å²) in [5.74, 6) is -0.0417. The van der Waals surface area contributed by atoms with Gasteiger partial charge in [-0.2, -0.15) is 9.99 Å². The highest BCUT2D eigenvalue weighted by molar-refractivity contribution is 5.38. The molecule has 0 amide bonds. The van der Waals surface area contributed by atoms with Crippen molar-refractivity contribution in [1.29, 1.82) is 5.26 Å². The van der Waals surface area contributed by atoms with Gasteiger partial charge in [0.2, 0.25) is 5.82 Å². The third kappa shape index (κ3) is 0.821. The lowest BCUT2D eigenvalue weighted by molar-refractivity contribution is -0.608. The van der Waals surface area contributed by atoms with Gasteiger partial charge in [0.25, 0.3) is 0 Å². The van der Waals surface area contributed by atoms with E-state index in [1.807, 2.05) is 0 Å². The van der Waals surface area contributed by atoms with Gasteiger partial charge >= 0.3 is 5.69 Å². The number of nitriles is 1. The van der Waals surface area contributed by atoms with Crippen molar-refractivity contribution in [2.45, 2.75) is 0 Å². The lowest BCUT2D eigenvalue weighted by atomic mass is 10.4. The second kappa shape index (κ2) is 2.19. The van der Waals surface area contributed by atoms with Crippen LogP contribution < -0.4 is 10.5 Å². The van der Waals surface area contributed by atoms with Crippen LogP contribution in [0.25, 0.3) is 0 Å². The molecule has 0 aromatic carbocycles. The Hall–Kier alpha value is -1.83. The largest absolute Gasteiger partial charge is 0.618 e. The minimum absolute atomic E-state index is 0.0417. The van der Waals surface area contributed by atoms with E-state index >= 15 is 0 Å². The van der Waals surface area contributed by atoms with Crippen LogP contribution in [0.2, 0.25) is 0 Å². The number of nitrogens with two attached hydrogens (primary N) is 1. The lowest BCUT2D eigenvalue weighted by Crippen LogP contribution is -2.31. The number of rotatable bonds is 0. The number of anilines is 1. The predicted molar refractivity (Wildman–Crippen MR) is 32.3 cm³/mol. The molecule has 1 aromatic heterocycles. The first-order chi connectivity index (χ1) is 4.75. The molecule has 0 aliphatic carbocycles. The van der Waals surface area contributed by atoms with Crippen molar-refractivity contribution in [3.05, 3.63) is 23.3 Å². The van der Waals surface area contributed by atoms with Gasteiger partial charge in [-0.25, -0.2) is 4.98 Å². The Bertz CT molecular complexity index is 270. The highest BCUT2D eigenvalue weighted by atomic mass is 16.5. The van der Waals surface area contributed by atoms with E-state index in [0.29, 0.717) is 4.73 Å². The highest BCUT2D eigenvalue weighted by Crippen LogP contribution is 1.96. The first-order valence-electron chi connectivity index (χ1n) is 2.49. The Morgan fingerprint density at radius 3 is 2.90 bits per heavy atom. The molecule has 0 atom stereocenters. The van der Waals surface area contributed by atoms with E-state index < -0.39 is 0 Å². The minimum Gasteiger partial charge on any atom is -0.618 e. The zero-order valence-corrected chi connectivity index (χ0v) is 4.98. The fourth-order valence-corrected chi connectivity index (χ4v) is 0.529. The summed E-state index contributed by atoms with van der Waals surface area (Å²) >= 11 is 0. The van der Waals surface area contributed by atoms with Gasteiger partial charge in [-0.1, -0.05) is 0 Å². The summed E-state index contributed by atoms with van der Waals surface area (Å²) in [6.45, 7) is 0. The van der Waals surface area contributed by atoms with Crippen molar-refractivity contribution in [1.82, 2.24) is 4.98 Å². The van der Waals surface area contributed by atoms with Gasteiger partial charge in [0.1, 0.15) is 0 Å². The average Bonchev–Trinajstić information content (AvgIpc) is 1.88. The van der Waals surface area contributed by atoms with E-state index in [1.54, 1.807) is 6.07 Å². The smallest absolute Gasteiger partial charge is 0.337 e. The number of nitrogen functional groups attached to an aromatic ring is 1. The van der Waals surface area contributed by atoms with Gasteiger partial charge in [0, 0.05) is 0 Å². The molecule has 0 radical (unpaired) electrons. The Morgan fingerprint density at radius 2 is 2.50 bits per heavy atom. The number of hydrogen-bond donors (Lipinski definition) is 1. The molecule has 0 saturated heterocycles. The molecular weight excluding hydrogens is 132 g/mol. The van der Waals surface area contributed by atoms with Crippen LogP contribution in [0.4, 0.5) is 5.82 Å². The van der Waals surface area contributed by atoms with Gasteiger partial charge in [0.15, 0.2) is 12.3 Å². The standard InChI is InChI=1S/C5H4N4O/c6-3-4-5(7)8-1-2-9(4)10/h1-2H,(H2,7,8). The van der Waals surface area contributed by atoms with Crippen molar-refractivity contribution in [3.63, 3.8) is 0 Å². The summed E-state index contributed by atoms with van der Waals surface area (Å²) in [7, 11) is 0. The monoisotopic (exact) mass is 136 g/mol. The number of aromatic nitrogens is 2. The molecule has 1 heterocycles. The van der Waals surface area contributed by atoms with Crippen LogP contribution in [-0.2, 0) is 0 Å².